The molecule has 0 radical (unpaired) electrons. The fourth-order valence-corrected chi connectivity index (χ4v) is 3.66. The van der Waals surface area contributed by atoms with Crippen LogP contribution in [0.4, 0.5) is 0 Å². The normalized spacial score (nSPS) is 19.6. The van der Waals surface area contributed by atoms with Crippen molar-refractivity contribution in [2.75, 3.05) is 0 Å². The minimum absolute atomic E-state index is 0.192. The second kappa shape index (κ2) is 6.86. The Hall–Kier alpha value is -0.390. The molecule has 1 aromatic rings. The Balaban J connectivity index is 2.27. The lowest BCUT2D eigenvalue weighted by molar-refractivity contribution is 0.305. The molecule has 0 saturated heterocycles. The third-order valence-corrected chi connectivity index (χ3v) is 4.73. The van der Waals surface area contributed by atoms with E-state index in [-0.39, 0.29) is 6.04 Å². The molecule has 1 fully saturated rings. The topological polar surface area (TPSA) is 55.9 Å². The third-order valence-electron chi connectivity index (χ3n) is 4.12. The molecule has 1 aliphatic rings. The molecule has 1 saturated carbocycles. The van der Waals surface area contributed by atoms with Crippen LogP contribution in [-0.2, 0) is 0 Å². The maximum atomic E-state index is 5.87. The highest BCUT2D eigenvalue weighted by Crippen LogP contribution is 2.36. The molecule has 0 aliphatic heterocycles. The Morgan fingerprint density at radius 1 is 1.32 bits per heavy atom. The molecule has 0 amide bonds. The van der Waals surface area contributed by atoms with Crippen LogP contribution in [0.2, 0.25) is 0 Å². The van der Waals surface area contributed by atoms with E-state index in [0.29, 0.717) is 12.0 Å². The molecular formula is C14H25BrN4. The van der Waals surface area contributed by atoms with Gasteiger partial charge in [0.25, 0.3) is 0 Å². The van der Waals surface area contributed by atoms with Gasteiger partial charge in [-0.15, -0.1) is 0 Å². The zero-order valence-electron chi connectivity index (χ0n) is 11.9. The number of hydrogen-bond donors (Lipinski definition) is 2. The first kappa shape index (κ1) is 15.0. The number of nitrogens with zero attached hydrogens (tertiary/aromatic N) is 2. The Morgan fingerprint density at radius 3 is 2.47 bits per heavy atom. The van der Waals surface area contributed by atoms with Gasteiger partial charge in [-0.25, -0.2) is 0 Å². The van der Waals surface area contributed by atoms with Crippen LogP contribution in [-0.4, -0.2) is 9.78 Å². The maximum Gasteiger partial charge on any atom is 0.0715 e. The van der Waals surface area contributed by atoms with Crippen LogP contribution in [0.3, 0.4) is 0 Å². The van der Waals surface area contributed by atoms with Crippen molar-refractivity contribution in [3.8, 4) is 0 Å². The van der Waals surface area contributed by atoms with Gasteiger partial charge < -0.3 is 0 Å². The summed E-state index contributed by atoms with van der Waals surface area (Å²) in [6.07, 6.45) is 9.74. The van der Waals surface area contributed by atoms with Crippen molar-refractivity contribution in [2.45, 2.75) is 64.5 Å². The smallest absolute Gasteiger partial charge is 0.0715 e. The summed E-state index contributed by atoms with van der Waals surface area (Å²) < 4.78 is 3.15. The van der Waals surface area contributed by atoms with Crippen LogP contribution in [0, 0.1) is 5.92 Å². The fraction of sp³-hybridized carbons (Fsp3) is 0.786. The van der Waals surface area contributed by atoms with Gasteiger partial charge in [0.1, 0.15) is 0 Å². The molecule has 2 rings (SSSR count). The van der Waals surface area contributed by atoms with Crippen LogP contribution in [0.15, 0.2) is 10.7 Å². The Morgan fingerprint density at radius 2 is 1.95 bits per heavy atom. The zero-order valence-corrected chi connectivity index (χ0v) is 13.5. The quantitative estimate of drug-likeness (QED) is 0.503. The van der Waals surface area contributed by atoms with E-state index in [1.807, 2.05) is 6.20 Å². The monoisotopic (exact) mass is 328 g/mol. The highest BCUT2D eigenvalue weighted by Gasteiger charge is 2.28. The second-order valence-corrected chi connectivity index (χ2v) is 6.67. The van der Waals surface area contributed by atoms with Gasteiger partial charge in [-0.1, -0.05) is 25.7 Å². The number of hydrogen-bond acceptors (Lipinski definition) is 3. The number of rotatable bonds is 4. The Bertz CT molecular complexity index is 394. The predicted octanol–water partition coefficient (Wildman–Crippen LogP) is 3.70. The van der Waals surface area contributed by atoms with Gasteiger partial charge >= 0.3 is 0 Å². The molecule has 1 heterocycles. The standard InChI is InChI=1S/C14H25BrN4/c1-10(2)19-14(12(15)9-17-19)13(18-16)11-7-5-3-4-6-8-11/h9-11,13,18H,3-8,16H2,1-2H3. The molecule has 5 heteroatoms. The van der Waals surface area contributed by atoms with E-state index < -0.39 is 0 Å². The van der Waals surface area contributed by atoms with E-state index in [9.17, 15) is 0 Å². The Kier molecular flexibility index (Phi) is 5.42. The molecule has 3 N–H and O–H groups in total. The van der Waals surface area contributed by atoms with Gasteiger partial charge in [0.05, 0.1) is 22.4 Å². The van der Waals surface area contributed by atoms with Crippen LogP contribution >= 0.6 is 15.9 Å². The summed E-state index contributed by atoms with van der Waals surface area (Å²) in [5, 5.41) is 4.48. The summed E-state index contributed by atoms with van der Waals surface area (Å²) in [5.41, 5.74) is 4.25. The van der Waals surface area contributed by atoms with Crippen LogP contribution < -0.4 is 11.3 Å². The first-order valence-corrected chi connectivity index (χ1v) is 8.13. The minimum atomic E-state index is 0.192. The van der Waals surface area contributed by atoms with E-state index in [1.54, 1.807) is 0 Å². The van der Waals surface area contributed by atoms with Crippen LogP contribution in [0.5, 0.6) is 0 Å². The zero-order chi connectivity index (χ0) is 13.8. The average Bonchev–Trinajstić information content (AvgIpc) is 2.62. The van der Waals surface area contributed by atoms with E-state index in [4.69, 9.17) is 5.84 Å². The molecule has 1 atom stereocenters. The number of aromatic nitrogens is 2. The molecule has 0 spiro atoms. The molecule has 19 heavy (non-hydrogen) atoms. The van der Waals surface area contributed by atoms with Crippen molar-refractivity contribution in [3.63, 3.8) is 0 Å². The lowest BCUT2D eigenvalue weighted by Crippen LogP contribution is -2.35. The largest absolute Gasteiger partial charge is 0.271 e. The third kappa shape index (κ3) is 3.38. The van der Waals surface area contributed by atoms with Gasteiger partial charge in [-0.2, -0.15) is 5.10 Å². The van der Waals surface area contributed by atoms with Crippen molar-refractivity contribution in [1.29, 1.82) is 0 Å². The summed E-state index contributed by atoms with van der Waals surface area (Å²) in [7, 11) is 0. The van der Waals surface area contributed by atoms with Crippen LogP contribution in [0.1, 0.15) is 70.2 Å². The van der Waals surface area contributed by atoms with Crippen molar-refractivity contribution < 1.29 is 0 Å². The van der Waals surface area contributed by atoms with Crippen LogP contribution in [0.25, 0.3) is 0 Å². The number of nitrogens with two attached hydrogens (primary N) is 1. The van der Waals surface area contributed by atoms with E-state index in [0.717, 1.165) is 4.47 Å². The van der Waals surface area contributed by atoms with Crippen molar-refractivity contribution >= 4 is 15.9 Å². The molecule has 0 aromatic carbocycles. The first-order valence-electron chi connectivity index (χ1n) is 7.34. The van der Waals surface area contributed by atoms with Gasteiger partial charge in [0.2, 0.25) is 0 Å². The van der Waals surface area contributed by atoms with Crippen molar-refractivity contribution in [2.24, 2.45) is 11.8 Å². The SMILES string of the molecule is CC(C)n1ncc(Br)c1C(NN)C1CCCCCC1. The maximum absolute atomic E-state index is 5.87. The minimum Gasteiger partial charge on any atom is -0.271 e. The molecule has 4 nitrogen and oxygen atoms in total. The predicted molar refractivity (Wildman–Crippen MR) is 81.6 cm³/mol. The average molecular weight is 329 g/mol. The molecule has 0 bridgehead atoms. The fourth-order valence-electron chi connectivity index (χ4n) is 3.14. The summed E-state index contributed by atoms with van der Waals surface area (Å²) in [5.74, 6) is 6.48. The van der Waals surface area contributed by atoms with Gasteiger partial charge in [-0.05, 0) is 48.5 Å². The van der Waals surface area contributed by atoms with Crippen molar-refractivity contribution in [1.82, 2.24) is 15.2 Å². The molecule has 108 valence electrons. The number of hydrazine groups is 1. The summed E-state index contributed by atoms with van der Waals surface area (Å²) in [6.45, 7) is 4.31. The summed E-state index contributed by atoms with van der Waals surface area (Å²) in [4.78, 5) is 0. The molecule has 1 aromatic heterocycles. The van der Waals surface area contributed by atoms with Gasteiger partial charge in [0.15, 0.2) is 0 Å². The summed E-state index contributed by atoms with van der Waals surface area (Å²) >= 11 is 3.63. The lowest BCUT2D eigenvalue weighted by atomic mass is 9.90. The number of halogens is 1. The highest BCUT2D eigenvalue weighted by molar-refractivity contribution is 9.10. The van der Waals surface area contributed by atoms with E-state index in [1.165, 1.54) is 44.2 Å². The second-order valence-electron chi connectivity index (χ2n) is 5.81. The lowest BCUT2D eigenvalue weighted by Gasteiger charge is -2.27. The van der Waals surface area contributed by atoms with Crippen molar-refractivity contribution in [3.05, 3.63) is 16.4 Å². The molecular weight excluding hydrogens is 304 g/mol. The summed E-state index contributed by atoms with van der Waals surface area (Å²) in [6, 6.07) is 0.542. The van der Waals surface area contributed by atoms with E-state index in [2.05, 4.69) is 45.0 Å². The molecule has 1 unspecified atom stereocenters. The Labute approximate surface area is 124 Å². The van der Waals surface area contributed by atoms with E-state index >= 15 is 0 Å². The number of nitrogens with one attached hydrogen (secondary N) is 1. The first-order chi connectivity index (χ1) is 9.15. The van der Waals surface area contributed by atoms with Gasteiger partial charge in [0, 0.05) is 6.04 Å². The highest BCUT2D eigenvalue weighted by atomic mass is 79.9. The molecule has 1 aliphatic carbocycles. The van der Waals surface area contributed by atoms with Gasteiger partial charge in [-0.3, -0.25) is 16.0 Å².